The largest absolute Gasteiger partial charge is 0.461 e. The Morgan fingerprint density at radius 2 is 2.04 bits per heavy atom. The summed E-state index contributed by atoms with van der Waals surface area (Å²) in [6, 6.07) is 7.45. The Kier molecular flexibility index (Phi) is 5.12. The lowest BCUT2D eigenvalue weighted by molar-refractivity contribution is -0.118. The van der Waals surface area contributed by atoms with Gasteiger partial charge in [-0.1, -0.05) is 18.2 Å². The molecule has 2 heterocycles. The minimum atomic E-state index is -0.477. The highest BCUT2D eigenvalue weighted by Crippen LogP contribution is 2.28. The van der Waals surface area contributed by atoms with Crippen LogP contribution in [0.4, 0.5) is 5.69 Å². The van der Waals surface area contributed by atoms with Gasteiger partial charge in [-0.15, -0.1) is 0 Å². The second-order valence-corrected chi connectivity index (χ2v) is 5.58. The molecule has 1 saturated heterocycles. The molecule has 7 heteroatoms. The zero-order valence-corrected chi connectivity index (χ0v) is 13.6. The Balaban J connectivity index is 1.82. The number of fused-ring (bicyclic) bond motifs is 1. The van der Waals surface area contributed by atoms with E-state index >= 15 is 0 Å². The first kappa shape index (κ1) is 16.5. The van der Waals surface area contributed by atoms with Crippen molar-refractivity contribution < 1.29 is 19.1 Å². The van der Waals surface area contributed by atoms with E-state index in [4.69, 9.17) is 9.47 Å². The number of benzene rings is 1. The molecule has 128 valence electrons. The quantitative estimate of drug-likeness (QED) is 0.814. The van der Waals surface area contributed by atoms with Gasteiger partial charge in [0.05, 0.1) is 32.1 Å². The Labute approximate surface area is 139 Å². The molecule has 0 bridgehead atoms. The van der Waals surface area contributed by atoms with Crippen LogP contribution in [-0.4, -0.2) is 61.2 Å². The molecule has 1 aliphatic rings. The second-order valence-electron chi connectivity index (χ2n) is 5.58. The van der Waals surface area contributed by atoms with Gasteiger partial charge in [-0.25, -0.2) is 4.79 Å². The molecular weight excluding hydrogens is 310 g/mol. The molecule has 0 atom stereocenters. The maximum absolute atomic E-state index is 12.4. The van der Waals surface area contributed by atoms with Crippen molar-refractivity contribution in [2.24, 2.45) is 0 Å². The summed E-state index contributed by atoms with van der Waals surface area (Å²) in [7, 11) is 0. The second kappa shape index (κ2) is 7.46. The molecule has 0 spiro atoms. The number of carbonyl (C=O) groups excluding carboxylic acids is 2. The smallest absolute Gasteiger partial charge is 0.356 e. The number of hydrogen-bond acceptors (Lipinski definition) is 5. The summed E-state index contributed by atoms with van der Waals surface area (Å²) in [6.07, 6.45) is 0. The average Bonchev–Trinajstić information content (AvgIpc) is 2.95. The van der Waals surface area contributed by atoms with Crippen LogP contribution in [-0.2, 0) is 14.3 Å². The van der Waals surface area contributed by atoms with Gasteiger partial charge in [0.1, 0.15) is 5.69 Å². The van der Waals surface area contributed by atoms with Gasteiger partial charge in [0.2, 0.25) is 5.91 Å². The molecular formula is C17H21N3O4. The van der Waals surface area contributed by atoms with Gasteiger partial charge < -0.3 is 19.8 Å². The van der Waals surface area contributed by atoms with Crippen molar-refractivity contribution in [1.29, 1.82) is 0 Å². The molecule has 7 nitrogen and oxygen atoms in total. The van der Waals surface area contributed by atoms with Crippen LogP contribution < -0.4 is 5.32 Å². The van der Waals surface area contributed by atoms with Gasteiger partial charge in [-0.05, 0) is 13.0 Å². The number of amides is 1. The minimum absolute atomic E-state index is 0.160. The summed E-state index contributed by atoms with van der Waals surface area (Å²) in [5.74, 6) is -0.637. The fourth-order valence-corrected chi connectivity index (χ4v) is 2.77. The molecule has 0 saturated carbocycles. The van der Waals surface area contributed by atoms with E-state index in [1.54, 1.807) is 6.92 Å². The van der Waals surface area contributed by atoms with E-state index in [0.29, 0.717) is 18.9 Å². The Morgan fingerprint density at radius 1 is 1.29 bits per heavy atom. The highest BCUT2D eigenvalue weighted by molar-refractivity contribution is 6.11. The molecule has 1 aromatic carbocycles. The zero-order valence-electron chi connectivity index (χ0n) is 13.6. The molecule has 2 aromatic rings. The van der Waals surface area contributed by atoms with Crippen molar-refractivity contribution >= 4 is 28.5 Å². The van der Waals surface area contributed by atoms with Crippen LogP contribution in [0.2, 0.25) is 0 Å². The van der Waals surface area contributed by atoms with Gasteiger partial charge in [0.25, 0.3) is 0 Å². The standard InChI is InChI=1S/C17H21N3O4/c1-2-24-17(22)16-15(12-5-3-4-6-13(12)18-16)19-14(21)11-20-7-9-23-10-8-20/h3-6,18H,2,7-11H2,1H3,(H,19,21). The molecule has 1 aromatic heterocycles. The number of para-hydroxylation sites is 1. The van der Waals surface area contributed by atoms with E-state index in [1.165, 1.54) is 0 Å². The summed E-state index contributed by atoms with van der Waals surface area (Å²) in [5, 5.41) is 3.65. The summed E-state index contributed by atoms with van der Waals surface area (Å²) < 4.78 is 10.4. The number of morpholine rings is 1. The van der Waals surface area contributed by atoms with E-state index in [2.05, 4.69) is 10.3 Å². The maximum Gasteiger partial charge on any atom is 0.356 e. The van der Waals surface area contributed by atoms with E-state index in [1.807, 2.05) is 29.2 Å². The summed E-state index contributed by atoms with van der Waals surface area (Å²) in [4.78, 5) is 29.6. The third-order valence-corrected chi connectivity index (χ3v) is 3.92. The highest BCUT2D eigenvalue weighted by Gasteiger charge is 2.21. The van der Waals surface area contributed by atoms with Crippen molar-refractivity contribution in [3.05, 3.63) is 30.0 Å². The first-order chi connectivity index (χ1) is 11.7. The zero-order chi connectivity index (χ0) is 16.9. The maximum atomic E-state index is 12.4. The third-order valence-electron chi connectivity index (χ3n) is 3.92. The van der Waals surface area contributed by atoms with E-state index in [-0.39, 0.29) is 24.8 Å². The number of nitrogens with zero attached hydrogens (tertiary/aromatic N) is 1. The molecule has 3 rings (SSSR count). The number of nitrogens with one attached hydrogen (secondary N) is 2. The number of aromatic nitrogens is 1. The molecule has 0 unspecified atom stereocenters. The minimum Gasteiger partial charge on any atom is -0.461 e. The SMILES string of the molecule is CCOC(=O)c1[nH]c2ccccc2c1NC(=O)CN1CCOCC1. The molecule has 0 aliphatic carbocycles. The van der Waals surface area contributed by atoms with Gasteiger partial charge in [0, 0.05) is 24.0 Å². The van der Waals surface area contributed by atoms with Crippen LogP contribution >= 0.6 is 0 Å². The number of hydrogen-bond donors (Lipinski definition) is 2. The van der Waals surface area contributed by atoms with Gasteiger partial charge in [0.15, 0.2) is 0 Å². The Morgan fingerprint density at radius 3 is 2.79 bits per heavy atom. The number of anilines is 1. The molecule has 1 aliphatic heterocycles. The monoisotopic (exact) mass is 331 g/mol. The lowest BCUT2D eigenvalue weighted by Gasteiger charge is -2.25. The predicted octanol–water partition coefficient (Wildman–Crippen LogP) is 1.62. The van der Waals surface area contributed by atoms with Crippen LogP contribution in [0.25, 0.3) is 10.9 Å². The number of rotatable bonds is 5. The number of esters is 1. The van der Waals surface area contributed by atoms with Crippen molar-refractivity contribution in [1.82, 2.24) is 9.88 Å². The first-order valence-corrected chi connectivity index (χ1v) is 8.07. The topological polar surface area (TPSA) is 83.7 Å². The van der Waals surface area contributed by atoms with Gasteiger partial charge in [-0.2, -0.15) is 0 Å². The van der Waals surface area contributed by atoms with Crippen LogP contribution in [0.15, 0.2) is 24.3 Å². The number of aromatic amines is 1. The van der Waals surface area contributed by atoms with E-state index < -0.39 is 5.97 Å². The number of H-pyrrole nitrogens is 1. The van der Waals surface area contributed by atoms with Gasteiger partial charge in [-0.3, -0.25) is 9.69 Å². The van der Waals surface area contributed by atoms with Crippen molar-refractivity contribution in [2.45, 2.75) is 6.92 Å². The molecule has 0 radical (unpaired) electrons. The van der Waals surface area contributed by atoms with E-state index in [9.17, 15) is 9.59 Å². The van der Waals surface area contributed by atoms with Crippen molar-refractivity contribution in [3.63, 3.8) is 0 Å². The normalized spacial score (nSPS) is 15.4. The first-order valence-electron chi connectivity index (χ1n) is 8.07. The predicted molar refractivity (Wildman–Crippen MR) is 90.1 cm³/mol. The lowest BCUT2D eigenvalue weighted by Crippen LogP contribution is -2.41. The summed E-state index contributed by atoms with van der Waals surface area (Å²) in [6.45, 7) is 5.01. The number of ether oxygens (including phenoxy) is 2. The Hall–Kier alpha value is -2.38. The average molecular weight is 331 g/mol. The van der Waals surface area contributed by atoms with Crippen LogP contribution in [0.1, 0.15) is 17.4 Å². The third kappa shape index (κ3) is 3.58. The van der Waals surface area contributed by atoms with Gasteiger partial charge >= 0.3 is 5.97 Å². The van der Waals surface area contributed by atoms with Crippen LogP contribution in [0, 0.1) is 0 Å². The summed E-state index contributed by atoms with van der Waals surface area (Å²) >= 11 is 0. The molecule has 24 heavy (non-hydrogen) atoms. The fraction of sp³-hybridized carbons (Fsp3) is 0.412. The van der Waals surface area contributed by atoms with E-state index in [0.717, 1.165) is 24.0 Å². The van der Waals surface area contributed by atoms with Crippen LogP contribution in [0.5, 0.6) is 0 Å². The number of carbonyl (C=O) groups is 2. The molecule has 1 amide bonds. The summed E-state index contributed by atoms with van der Waals surface area (Å²) in [5.41, 5.74) is 1.53. The van der Waals surface area contributed by atoms with Crippen LogP contribution in [0.3, 0.4) is 0 Å². The van der Waals surface area contributed by atoms with Crippen molar-refractivity contribution in [2.75, 3.05) is 44.8 Å². The van der Waals surface area contributed by atoms with Crippen molar-refractivity contribution in [3.8, 4) is 0 Å². The highest BCUT2D eigenvalue weighted by atomic mass is 16.5. The molecule has 1 fully saturated rings. The Bertz CT molecular complexity index is 735. The fourth-order valence-electron chi connectivity index (χ4n) is 2.77. The molecule has 2 N–H and O–H groups in total. The lowest BCUT2D eigenvalue weighted by atomic mass is 10.2.